The highest BCUT2D eigenvalue weighted by Crippen LogP contribution is 2.26. The molecular weight excluding hydrogens is 512 g/mol. The van der Waals surface area contributed by atoms with Crippen LogP contribution in [0.5, 0.6) is 23.0 Å². The number of rotatable bonds is 9. The van der Waals surface area contributed by atoms with Crippen LogP contribution in [0.2, 0.25) is 0 Å². The van der Waals surface area contributed by atoms with Gasteiger partial charge in [-0.1, -0.05) is 0 Å². The zero-order chi connectivity index (χ0) is 27.9. The van der Waals surface area contributed by atoms with Crippen LogP contribution in [-0.2, 0) is 9.47 Å². The molecule has 3 aromatic carbocycles. The topological polar surface area (TPSA) is 150 Å². The number of benzene rings is 3. The minimum absolute atomic E-state index is 0.223. The van der Waals surface area contributed by atoms with Gasteiger partial charge in [0.05, 0.1) is 25.3 Å². The number of ether oxygens (including phenoxy) is 6. The van der Waals surface area contributed by atoms with Crippen molar-refractivity contribution in [3.8, 4) is 23.0 Å². The van der Waals surface area contributed by atoms with Crippen LogP contribution < -0.4 is 18.9 Å². The molecule has 3 aromatic rings. The smallest absolute Gasteiger partial charge is 0.343 e. The molecule has 4 rings (SSSR count). The third-order valence-corrected chi connectivity index (χ3v) is 5.99. The second-order valence-corrected chi connectivity index (χ2v) is 8.55. The molecular formula is C28H28O11. The summed E-state index contributed by atoms with van der Waals surface area (Å²) < 4.78 is 32.0. The van der Waals surface area contributed by atoms with Gasteiger partial charge in [-0.3, -0.25) is 0 Å². The van der Waals surface area contributed by atoms with E-state index in [0.717, 1.165) is 0 Å². The van der Waals surface area contributed by atoms with Crippen molar-refractivity contribution < 1.29 is 53.3 Å². The average Bonchev–Trinajstić information content (AvgIpc) is 2.97. The molecule has 11 nitrogen and oxygen atoms in total. The lowest BCUT2D eigenvalue weighted by molar-refractivity contribution is -0.277. The minimum atomic E-state index is -1.63. The molecule has 1 heterocycles. The van der Waals surface area contributed by atoms with Crippen molar-refractivity contribution in [2.45, 2.75) is 30.7 Å². The van der Waals surface area contributed by atoms with Crippen molar-refractivity contribution in [1.29, 1.82) is 0 Å². The molecule has 1 aliphatic heterocycles. The van der Waals surface area contributed by atoms with Crippen molar-refractivity contribution in [3.63, 3.8) is 0 Å². The molecule has 0 spiro atoms. The highest BCUT2D eigenvalue weighted by atomic mass is 16.7. The van der Waals surface area contributed by atoms with E-state index in [4.69, 9.17) is 28.4 Å². The van der Waals surface area contributed by atoms with E-state index in [0.29, 0.717) is 17.1 Å². The van der Waals surface area contributed by atoms with Gasteiger partial charge in [-0.2, -0.15) is 0 Å². The van der Waals surface area contributed by atoms with Gasteiger partial charge in [0.25, 0.3) is 0 Å². The van der Waals surface area contributed by atoms with E-state index in [1.54, 1.807) is 36.4 Å². The summed E-state index contributed by atoms with van der Waals surface area (Å²) in [6.07, 6.45) is -7.33. The third-order valence-electron chi connectivity index (χ3n) is 5.99. The summed E-state index contributed by atoms with van der Waals surface area (Å²) in [4.78, 5) is 24.7. The van der Waals surface area contributed by atoms with Crippen molar-refractivity contribution in [1.82, 2.24) is 0 Å². The molecule has 5 atom stereocenters. The van der Waals surface area contributed by atoms with E-state index in [9.17, 15) is 24.9 Å². The quantitative estimate of drug-likeness (QED) is 0.270. The summed E-state index contributed by atoms with van der Waals surface area (Å²) in [6, 6.07) is 18.6. The molecule has 1 saturated heterocycles. The van der Waals surface area contributed by atoms with Gasteiger partial charge in [-0.25, -0.2) is 9.59 Å². The van der Waals surface area contributed by atoms with Crippen LogP contribution in [0.1, 0.15) is 20.7 Å². The van der Waals surface area contributed by atoms with Gasteiger partial charge in [0.15, 0.2) is 0 Å². The van der Waals surface area contributed by atoms with E-state index in [1.165, 1.54) is 50.6 Å². The molecule has 0 amide bonds. The summed E-state index contributed by atoms with van der Waals surface area (Å²) in [7, 11) is 3.02. The molecule has 0 radical (unpaired) electrons. The maximum atomic E-state index is 12.4. The lowest BCUT2D eigenvalue weighted by Crippen LogP contribution is -2.60. The first-order valence-corrected chi connectivity index (χ1v) is 11.9. The summed E-state index contributed by atoms with van der Waals surface area (Å²) in [6.45, 7) is -0.407. The maximum Gasteiger partial charge on any atom is 0.343 e. The number of aliphatic hydroxyl groups is 3. The molecule has 1 fully saturated rings. The Morgan fingerprint density at radius 2 is 1.15 bits per heavy atom. The lowest BCUT2D eigenvalue weighted by Gasteiger charge is -2.39. The van der Waals surface area contributed by atoms with E-state index in [-0.39, 0.29) is 17.1 Å². The molecule has 3 N–H and O–H groups in total. The third kappa shape index (κ3) is 6.84. The van der Waals surface area contributed by atoms with Gasteiger partial charge in [-0.05, 0) is 72.8 Å². The molecule has 206 valence electrons. The zero-order valence-corrected chi connectivity index (χ0v) is 21.1. The van der Waals surface area contributed by atoms with Crippen LogP contribution in [-0.4, -0.2) is 78.8 Å². The van der Waals surface area contributed by atoms with Crippen LogP contribution in [0, 0.1) is 0 Å². The zero-order valence-electron chi connectivity index (χ0n) is 21.1. The molecule has 1 aliphatic rings. The second kappa shape index (κ2) is 12.6. The number of esters is 2. The lowest BCUT2D eigenvalue weighted by atomic mass is 9.99. The van der Waals surface area contributed by atoms with E-state index in [1.807, 2.05) is 0 Å². The van der Waals surface area contributed by atoms with Crippen LogP contribution in [0.4, 0.5) is 0 Å². The SMILES string of the molecule is COc1ccc(C(=O)OC[C@H]2O[C@@H](Oc3ccc(OC(=O)c4ccc(OC)cc4)cc3)[C@H](O)[C@@H](O)[C@@H]2O)cc1. The van der Waals surface area contributed by atoms with Crippen LogP contribution in [0.15, 0.2) is 72.8 Å². The Labute approximate surface area is 224 Å². The van der Waals surface area contributed by atoms with Gasteiger partial charge >= 0.3 is 11.9 Å². The van der Waals surface area contributed by atoms with Crippen LogP contribution in [0.25, 0.3) is 0 Å². The van der Waals surface area contributed by atoms with Crippen LogP contribution >= 0.6 is 0 Å². The maximum absolute atomic E-state index is 12.4. The van der Waals surface area contributed by atoms with Gasteiger partial charge in [-0.15, -0.1) is 0 Å². The van der Waals surface area contributed by atoms with Crippen molar-refractivity contribution in [2.75, 3.05) is 20.8 Å². The molecule has 0 bridgehead atoms. The summed E-state index contributed by atoms with van der Waals surface area (Å²) >= 11 is 0. The van der Waals surface area contributed by atoms with E-state index >= 15 is 0 Å². The normalized spacial score (nSPS) is 22.4. The fourth-order valence-corrected chi connectivity index (χ4v) is 3.73. The number of carbonyl (C=O) groups is 2. The molecule has 0 aromatic heterocycles. The highest BCUT2D eigenvalue weighted by Gasteiger charge is 2.45. The molecule has 0 saturated carbocycles. The van der Waals surface area contributed by atoms with Crippen molar-refractivity contribution >= 4 is 11.9 Å². The van der Waals surface area contributed by atoms with Crippen molar-refractivity contribution in [3.05, 3.63) is 83.9 Å². The second-order valence-electron chi connectivity index (χ2n) is 8.55. The first-order valence-electron chi connectivity index (χ1n) is 11.9. The summed E-state index contributed by atoms with van der Waals surface area (Å²) in [5.41, 5.74) is 0.586. The van der Waals surface area contributed by atoms with Crippen LogP contribution in [0.3, 0.4) is 0 Å². The predicted molar refractivity (Wildman–Crippen MR) is 135 cm³/mol. The first-order chi connectivity index (χ1) is 18.8. The monoisotopic (exact) mass is 540 g/mol. The van der Waals surface area contributed by atoms with Gasteiger partial charge in [0, 0.05) is 0 Å². The Balaban J connectivity index is 1.34. The number of aliphatic hydroxyl groups excluding tert-OH is 3. The summed E-state index contributed by atoms with van der Waals surface area (Å²) in [5.74, 6) is 0.397. The Bertz CT molecular complexity index is 1240. The molecule has 11 heteroatoms. The Kier molecular flexibility index (Phi) is 8.99. The number of carbonyl (C=O) groups excluding carboxylic acids is 2. The highest BCUT2D eigenvalue weighted by molar-refractivity contribution is 5.91. The fraction of sp³-hybridized carbons (Fsp3) is 0.286. The van der Waals surface area contributed by atoms with Crippen molar-refractivity contribution in [2.24, 2.45) is 0 Å². The minimum Gasteiger partial charge on any atom is -0.497 e. The molecule has 0 unspecified atom stereocenters. The first kappa shape index (κ1) is 27.9. The average molecular weight is 541 g/mol. The van der Waals surface area contributed by atoms with Gasteiger partial charge in [0.2, 0.25) is 6.29 Å². The standard InChI is InChI=1S/C28H28O11/c1-34-18-7-3-16(4-8-18)26(32)36-15-22-23(29)24(30)25(31)28(39-22)38-21-13-11-20(12-14-21)37-27(33)17-5-9-19(35-2)10-6-17/h3-14,22-25,28-31H,15H2,1-2H3/t22-,23-,24+,25-,28-/m1/s1. The fourth-order valence-electron chi connectivity index (χ4n) is 3.73. The predicted octanol–water partition coefficient (Wildman–Crippen LogP) is 1.97. The Hall–Kier alpha value is -4.16. The molecule has 0 aliphatic carbocycles. The largest absolute Gasteiger partial charge is 0.497 e. The molecule has 39 heavy (non-hydrogen) atoms. The van der Waals surface area contributed by atoms with Gasteiger partial charge in [0.1, 0.15) is 54.0 Å². The Morgan fingerprint density at radius 1 is 0.667 bits per heavy atom. The van der Waals surface area contributed by atoms with Gasteiger partial charge < -0.3 is 43.7 Å². The summed E-state index contributed by atoms with van der Waals surface area (Å²) in [5, 5.41) is 31.0. The van der Waals surface area contributed by atoms with E-state index in [2.05, 4.69) is 0 Å². The van der Waals surface area contributed by atoms with E-state index < -0.39 is 49.3 Å². The Morgan fingerprint density at radius 3 is 1.69 bits per heavy atom. The number of hydrogen-bond donors (Lipinski definition) is 3. The number of hydrogen-bond acceptors (Lipinski definition) is 11. The number of methoxy groups -OCH3 is 2.